The third kappa shape index (κ3) is 5.21. The number of halogens is 1. The Labute approximate surface area is 175 Å². The molecule has 0 bridgehead atoms. The number of nitro groups is 1. The van der Waals surface area contributed by atoms with Crippen LogP contribution in [0.15, 0.2) is 64.8 Å². The molecule has 1 N–H and O–H groups in total. The maximum Gasteiger partial charge on any atom is 0.343 e. The van der Waals surface area contributed by atoms with Gasteiger partial charge in [0, 0.05) is 15.6 Å². The Balaban J connectivity index is 1.92. The van der Waals surface area contributed by atoms with Crippen LogP contribution in [0.5, 0.6) is 0 Å². The van der Waals surface area contributed by atoms with Crippen LogP contribution in [0.3, 0.4) is 0 Å². The predicted molar refractivity (Wildman–Crippen MR) is 110 cm³/mol. The van der Waals surface area contributed by atoms with Crippen molar-refractivity contribution in [1.82, 2.24) is 9.97 Å². The lowest BCUT2D eigenvalue weighted by molar-refractivity contribution is -0.387. The Hall–Kier alpha value is -3.17. The fourth-order valence-electron chi connectivity index (χ4n) is 2.38. The Kier molecular flexibility index (Phi) is 6.63. The van der Waals surface area contributed by atoms with E-state index in [0.29, 0.717) is 16.3 Å². The Bertz CT molecular complexity index is 1050. The molecule has 29 heavy (non-hydrogen) atoms. The second-order valence-corrected chi connectivity index (χ2v) is 7.11. The van der Waals surface area contributed by atoms with Crippen molar-refractivity contribution in [2.24, 2.45) is 0 Å². The molecule has 0 atom stereocenters. The van der Waals surface area contributed by atoms with Gasteiger partial charge in [-0.3, -0.25) is 10.1 Å². The van der Waals surface area contributed by atoms with Gasteiger partial charge >= 0.3 is 11.7 Å². The Morgan fingerprint density at radius 2 is 2.00 bits per heavy atom. The van der Waals surface area contributed by atoms with E-state index in [1.807, 2.05) is 0 Å². The van der Waals surface area contributed by atoms with Crippen LogP contribution in [-0.4, -0.2) is 27.5 Å². The van der Waals surface area contributed by atoms with Crippen molar-refractivity contribution in [3.05, 3.63) is 75.6 Å². The van der Waals surface area contributed by atoms with E-state index in [0.717, 1.165) is 16.7 Å². The van der Waals surface area contributed by atoms with Crippen LogP contribution in [0.4, 0.5) is 17.2 Å². The van der Waals surface area contributed by atoms with Gasteiger partial charge < -0.3 is 10.1 Å². The SMILES string of the molecule is CCOC(=O)c1cccc(Nc2ncnc(Sc3ccc(Cl)cc3)c2[N+](=O)[O-])c1. The molecule has 0 aliphatic rings. The first-order chi connectivity index (χ1) is 14.0. The van der Waals surface area contributed by atoms with Gasteiger partial charge in [-0.25, -0.2) is 14.8 Å². The number of rotatable bonds is 7. The summed E-state index contributed by atoms with van der Waals surface area (Å²) >= 11 is 7.01. The van der Waals surface area contributed by atoms with Crippen LogP contribution in [-0.2, 0) is 4.74 Å². The number of anilines is 2. The van der Waals surface area contributed by atoms with Gasteiger partial charge in [0.25, 0.3) is 0 Å². The highest BCUT2D eigenvalue weighted by molar-refractivity contribution is 7.99. The number of carbonyl (C=O) groups excluding carboxylic acids is 1. The molecule has 0 saturated carbocycles. The number of hydrogen-bond donors (Lipinski definition) is 1. The molecular weight excluding hydrogens is 416 g/mol. The molecule has 0 saturated heterocycles. The molecule has 0 aliphatic heterocycles. The Morgan fingerprint density at radius 3 is 2.69 bits per heavy atom. The van der Waals surface area contributed by atoms with Gasteiger partial charge in [-0.1, -0.05) is 29.4 Å². The number of hydrogen-bond acceptors (Lipinski definition) is 8. The Morgan fingerprint density at radius 1 is 1.24 bits per heavy atom. The minimum Gasteiger partial charge on any atom is -0.462 e. The molecule has 3 aromatic rings. The minimum atomic E-state index is -0.546. The summed E-state index contributed by atoms with van der Waals surface area (Å²) in [5.41, 5.74) is 0.512. The standard InChI is InChI=1S/C19H15ClN4O4S/c1-2-28-19(25)12-4-3-5-14(10-12)23-17-16(24(26)27)18(22-11-21-17)29-15-8-6-13(20)7-9-15/h3-11H,2H2,1H3,(H,21,22,23). The molecule has 0 radical (unpaired) electrons. The van der Waals surface area contributed by atoms with Crippen LogP contribution >= 0.6 is 23.4 Å². The molecule has 0 fully saturated rings. The first kappa shape index (κ1) is 20.6. The van der Waals surface area contributed by atoms with Crippen LogP contribution in [0.2, 0.25) is 5.02 Å². The first-order valence-electron chi connectivity index (χ1n) is 8.45. The summed E-state index contributed by atoms with van der Waals surface area (Å²) in [6.45, 7) is 1.96. The average molecular weight is 431 g/mol. The number of aromatic nitrogens is 2. The average Bonchev–Trinajstić information content (AvgIpc) is 2.70. The number of benzene rings is 2. The van der Waals surface area contributed by atoms with Crippen LogP contribution in [0.25, 0.3) is 0 Å². The van der Waals surface area contributed by atoms with E-state index in [9.17, 15) is 14.9 Å². The molecule has 0 spiro atoms. The number of esters is 1. The summed E-state index contributed by atoms with van der Waals surface area (Å²) < 4.78 is 4.98. The second-order valence-electron chi connectivity index (χ2n) is 5.62. The molecule has 1 heterocycles. The minimum absolute atomic E-state index is 0.0162. The maximum absolute atomic E-state index is 11.9. The smallest absolute Gasteiger partial charge is 0.343 e. The van der Waals surface area contributed by atoms with E-state index in [1.165, 1.54) is 12.4 Å². The van der Waals surface area contributed by atoms with Gasteiger partial charge in [-0.2, -0.15) is 0 Å². The summed E-state index contributed by atoms with van der Waals surface area (Å²) in [4.78, 5) is 31.9. The fourth-order valence-corrected chi connectivity index (χ4v) is 3.37. The zero-order valence-electron chi connectivity index (χ0n) is 15.2. The summed E-state index contributed by atoms with van der Waals surface area (Å²) in [5, 5.41) is 15.3. The van der Waals surface area contributed by atoms with E-state index >= 15 is 0 Å². The van der Waals surface area contributed by atoms with Crippen molar-refractivity contribution in [2.45, 2.75) is 16.8 Å². The molecule has 0 unspecified atom stereocenters. The highest BCUT2D eigenvalue weighted by Crippen LogP contribution is 2.37. The lowest BCUT2D eigenvalue weighted by Gasteiger charge is -2.09. The van der Waals surface area contributed by atoms with Gasteiger partial charge in [-0.15, -0.1) is 0 Å². The van der Waals surface area contributed by atoms with Gasteiger partial charge in [0.2, 0.25) is 5.82 Å². The van der Waals surface area contributed by atoms with Crippen molar-refractivity contribution in [2.75, 3.05) is 11.9 Å². The topological polar surface area (TPSA) is 107 Å². The van der Waals surface area contributed by atoms with Crippen LogP contribution in [0, 0.1) is 10.1 Å². The van der Waals surface area contributed by atoms with E-state index in [-0.39, 0.29) is 23.1 Å². The zero-order valence-corrected chi connectivity index (χ0v) is 16.7. The molecule has 8 nitrogen and oxygen atoms in total. The summed E-state index contributed by atoms with van der Waals surface area (Å²) in [6.07, 6.45) is 1.24. The normalized spacial score (nSPS) is 10.4. The third-order valence-electron chi connectivity index (χ3n) is 3.64. The van der Waals surface area contributed by atoms with Crippen LogP contribution in [0.1, 0.15) is 17.3 Å². The highest BCUT2D eigenvalue weighted by Gasteiger charge is 2.24. The van der Waals surface area contributed by atoms with E-state index in [1.54, 1.807) is 49.4 Å². The van der Waals surface area contributed by atoms with Crippen LogP contribution < -0.4 is 5.32 Å². The zero-order chi connectivity index (χ0) is 20.8. The van der Waals surface area contributed by atoms with Crippen molar-refractivity contribution < 1.29 is 14.5 Å². The van der Waals surface area contributed by atoms with Crippen molar-refractivity contribution >= 4 is 46.5 Å². The maximum atomic E-state index is 11.9. The quantitative estimate of drug-likeness (QED) is 0.238. The first-order valence-corrected chi connectivity index (χ1v) is 9.64. The van der Waals surface area contributed by atoms with Gasteiger partial charge in [0.1, 0.15) is 6.33 Å². The third-order valence-corrected chi connectivity index (χ3v) is 4.89. The molecule has 2 aromatic carbocycles. The number of carbonyl (C=O) groups is 1. The summed E-state index contributed by atoms with van der Waals surface area (Å²) in [7, 11) is 0. The molecule has 10 heteroatoms. The summed E-state index contributed by atoms with van der Waals surface area (Å²) in [5.74, 6) is -0.463. The fraction of sp³-hybridized carbons (Fsp3) is 0.105. The number of nitrogens with one attached hydrogen (secondary N) is 1. The van der Waals surface area contributed by atoms with Crippen molar-refractivity contribution in [3.63, 3.8) is 0 Å². The second kappa shape index (κ2) is 9.35. The van der Waals surface area contributed by atoms with Crippen molar-refractivity contribution in [3.8, 4) is 0 Å². The molecule has 0 aliphatic carbocycles. The van der Waals surface area contributed by atoms with Crippen molar-refractivity contribution in [1.29, 1.82) is 0 Å². The molecule has 1 aromatic heterocycles. The largest absolute Gasteiger partial charge is 0.462 e. The van der Waals surface area contributed by atoms with E-state index in [4.69, 9.17) is 16.3 Å². The van der Waals surface area contributed by atoms with E-state index in [2.05, 4.69) is 15.3 Å². The number of nitrogens with zero attached hydrogens (tertiary/aromatic N) is 3. The number of ether oxygens (including phenoxy) is 1. The van der Waals surface area contributed by atoms with Gasteiger partial charge in [-0.05, 0) is 49.4 Å². The van der Waals surface area contributed by atoms with Gasteiger partial charge in [0.05, 0.1) is 17.1 Å². The lowest BCUT2D eigenvalue weighted by Crippen LogP contribution is -2.06. The van der Waals surface area contributed by atoms with Gasteiger partial charge in [0.15, 0.2) is 5.03 Å². The predicted octanol–water partition coefficient (Wildman–Crippen LogP) is 5.11. The molecular formula is C19H15ClN4O4S. The molecule has 148 valence electrons. The monoisotopic (exact) mass is 430 g/mol. The summed E-state index contributed by atoms with van der Waals surface area (Å²) in [6, 6.07) is 13.3. The lowest BCUT2D eigenvalue weighted by atomic mass is 10.2. The molecule has 3 rings (SSSR count). The molecule has 0 amide bonds. The highest BCUT2D eigenvalue weighted by atomic mass is 35.5. The van der Waals surface area contributed by atoms with E-state index < -0.39 is 10.9 Å².